The summed E-state index contributed by atoms with van der Waals surface area (Å²) in [5.41, 5.74) is 5.24. The minimum atomic E-state index is -4.09. The molecule has 62 valence electrons. The zero-order chi connectivity index (χ0) is 8.20. The summed E-state index contributed by atoms with van der Waals surface area (Å²) in [5, 5.41) is -0.387. The van der Waals surface area contributed by atoms with Crippen LogP contribution in [0.1, 0.15) is 13.3 Å². The SMILES string of the molecule is CC[C@H](N)SCC(F)(F)F. The Hall–Kier alpha value is 0.100. The van der Waals surface area contributed by atoms with Crippen molar-refractivity contribution >= 4 is 11.8 Å². The molecule has 1 nitrogen and oxygen atoms in total. The molecule has 0 amide bonds. The van der Waals surface area contributed by atoms with Crippen molar-refractivity contribution in [3.05, 3.63) is 0 Å². The summed E-state index contributed by atoms with van der Waals surface area (Å²) in [7, 11) is 0. The first-order valence-electron chi connectivity index (χ1n) is 2.89. The first-order valence-corrected chi connectivity index (χ1v) is 3.94. The Morgan fingerprint density at radius 2 is 2.00 bits per heavy atom. The van der Waals surface area contributed by atoms with Crippen LogP contribution in [0, 0.1) is 0 Å². The van der Waals surface area contributed by atoms with Gasteiger partial charge in [-0.15, -0.1) is 11.8 Å². The first-order chi connectivity index (χ1) is 4.45. The van der Waals surface area contributed by atoms with Crippen LogP contribution in [0.15, 0.2) is 0 Å². The number of nitrogens with two attached hydrogens (primary N) is 1. The average Bonchev–Trinajstić information content (AvgIpc) is 1.81. The number of rotatable bonds is 3. The van der Waals surface area contributed by atoms with Crippen LogP contribution in [0.2, 0.25) is 0 Å². The quantitative estimate of drug-likeness (QED) is 0.660. The minimum absolute atomic E-state index is 0.387. The molecule has 0 aliphatic heterocycles. The summed E-state index contributed by atoms with van der Waals surface area (Å²) in [6.45, 7) is 1.76. The van der Waals surface area contributed by atoms with Crippen molar-refractivity contribution in [1.82, 2.24) is 0 Å². The van der Waals surface area contributed by atoms with Crippen molar-refractivity contribution in [2.75, 3.05) is 5.75 Å². The lowest BCUT2D eigenvalue weighted by Gasteiger charge is -2.09. The summed E-state index contributed by atoms with van der Waals surface area (Å²) in [6.07, 6.45) is -3.52. The molecule has 0 saturated heterocycles. The normalized spacial score (nSPS) is 15.3. The molecule has 0 spiro atoms. The van der Waals surface area contributed by atoms with E-state index >= 15 is 0 Å². The van der Waals surface area contributed by atoms with Gasteiger partial charge in [0.05, 0.1) is 11.1 Å². The van der Waals surface area contributed by atoms with E-state index in [9.17, 15) is 13.2 Å². The Balaban J connectivity index is 3.36. The third kappa shape index (κ3) is 6.22. The largest absolute Gasteiger partial charge is 0.397 e. The molecule has 2 N–H and O–H groups in total. The third-order valence-corrected chi connectivity index (χ3v) is 2.12. The van der Waals surface area contributed by atoms with E-state index in [2.05, 4.69) is 0 Å². The van der Waals surface area contributed by atoms with E-state index < -0.39 is 11.9 Å². The second kappa shape index (κ2) is 4.08. The Bertz CT molecular complexity index is 93.4. The van der Waals surface area contributed by atoms with E-state index in [-0.39, 0.29) is 5.37 Å². The van der Waals surface area contributed by atoms with Gasteiger partial charge in [-0.1, -0.05) is 6.92 Å². The number of thioether (sulfide) groups is 1. The van der Waals surface area contributed by atoms with Gasteiger partial charge in [-0.3, -0.25) is 0 Å². The molecule has 0 saturated carbocycles. The molecule has 0 aromatic heterocycles. The second-order valence-electron chi connectivity index (χ2n) is 1.87. The Kier molecular flexibility index (Phi) is 4.12. The van der Waals surface area contributed by atoms with E-state index in [0.717, 1.165) is 11.8 Å². The monoisotopic (exact) mass is 173 g/mol. The Morgan fingerprint density at radius 1 is 1.50 bits per heavy atom. The Morgan fingerprint density at radius 3 is 2.30 bits per heavy atom. The molecule has 0 aromatic carbocycles. The van der Waals surface area contributed by atoms with Gasteiger partial charge >= 0.3 is 6.18 Å². The topological polar surface area (TPSA) is 26.0 Å². The van der Waals surface area contributed by atoms with Crippen LogP contribution in [0.3, 0.4) is 0 Å². The zero-order valence-electron chi connectivity index (χ0n) is 5.61. The van der Waals surface area contributed by atoms with Gasteiger partial charge < -0.3 is 5.73 Å². The standard InChI is InChI=1S/C5H10F3NS/c1-2-4(9)10-3-5(6,7)8/h4H,2-3,9H2,1H3/t4-/m1/s1. The molecule has 10 heavy (non-hydrogen) atoms. The van der Waals surface area contributed by atoms with Gasteiger partial charge in [0.15, 0.2) is 0 Å². The predicted octanol–water partition coefficient (Wildman–Crippen LogP) is 1.98. The molecule has 5 heteroatoms. The highest BCUT2D eigenvalue weighted by molar-refractivity contribution is 7.99. The van der Waals surface area contributed by atoms with Crippen molar-refractivity contribution in [3.8, 4) is 0 Å². The van der Waals surface area contributed by atoms with Crippen molar-refractivity contribution in [2.24, 2.45) is 5.73 Å². The lowest BCUT2D eigenvalue weighted by molar-refractivity contribution is -0.105. The number of hydrogen-bond donors (Lipinski definition) is 1. The van der Waals surface area contributed by atoms with Crippen LogP contribution in [-0.2, 0) is 0 Å². The molecule has 0 aliphatic rings. The number of alkyl halides is 3. The lowest BCUT2D eigenvalue weighted by atomic mass is 10.5. The molecule has 0 fully saturated rings. The van der Waals surface area contributed by atoms with Gasteiger partial charge in [0.25, 0.3) is 0 Å². The Labute approximate surface area is 62.2 Å². The molecule has 0 radical (unpaired) electrons. The van der Waals surface area contributed by atoms with Gasteiger partial charge in [-0.05, 0) is 6.42 Å². The fourth-order valence-electron chi connectivity index (χ4n) is 0.319. The highest BCUT2D eigenvalue weighted by Crippen LogP contribution is 2.23. The molecular weight excluding hydrogens is 163 g/mol. The van der Waals surface area contributed by atoms with E-state index in [0.29, 0.717) is 6.42 Å². The van der Waals surface area contributed by atoms with Crippen LogP contribution in [-0.4, -0.2) is 17.3 Å². The first kappa shape index (κ1) is 10.1. The molecule has 0 aromatic rings. The maximum atomic E-state index is 11.5. The van der Waals surface area contributed by atoms with Gasteiger partial charge in [-0.25, -0.2) is 0 Å². The highest BCUT2D eigenvalue weighted by Gasteiger charge is 2.27. The summed E-state index contributed by atoms with van der Waals surface area (Å²) in [5.74, 6) is -0.845. The minimum Gasteiger partial charge on any atom is -0.319 e. The molecule has 1 atom stereocenters. The third-order valence-electron chi connectivity index (χ3n) is 0.863. The lowest BCUT2D eigenvalue weighted by Crippen LogP contribution is -2.20. The summed E-state index contributed by atoms with van der Waals surface area (Å²) >= 11 is 0.736. The molecule has 0 bridgehead atoms. The second-order valence-corrected chi connectivity index (χ2v) is 3.10. The summed E-state index contributed by atoms with van der Waals surface area (Å²) in [4.78, 5) is 0. The molecule has 0 heterocycles. The van der Waals surface area contributed by atoms with Crippen LogP contribution < -0.4 is 5.73 Å². The number of halogens is 3. The van der Waals surface area contributed by atoms with Crippen LogP contribution in [0.4, 0.5) is 13.2 Å². The van der Waals surface area contributed by atoms with E-state index in [1.165, 1.54) is 0 Å². The maximum Gasteiger partial charge on any atom is 0.397 e. The molecule has 0 rings (SSSR count). The zero-order valence-corrected chi connectivity index (χ0v) is 6.43. The molecule has 0 aliphatic carbocycles. The highest BCUT2D eigenvalue weighted by atomic mass is 32.2. The molecular formula is C5H10F3NS. The number of hydrogen-bond acceptors (Lipinski definition) is 2. The smallest absolute Gasteiger partial charge is 0.319 e. The van der Waals surface area contributed by atoms with Crippen LogP contribution in [0.5, 0.6) is 0 Å². The van der Waals surface area contributed by atoms with E-state index in [4.69, 9.17) is 5.73 Å². The van der Waals surface area contributed by atoms with Crippen molar-refractivity contribution in [1.29, 1.82) is 0 Å². The van der Waals surface area contributed by atoms with Gasteiger partial charge in [0, 0.05) is 0 Å². The average molecular weight is 173 g/mol. The van der Waals surface area contributed by atoms with Crippen molar-refractivity contribution in [2.45, 2.75) is 24.9 Å². The van der Waals surface area contributed by atoms with Crippen LogP contribution >= 0.6 is 11.8 Å². The fraction of sp³-hybridized carbons (Fsp3) is 1.00. The van der Waals surface area contributed by atoms with Gasteiger partial charge in [0.2, 0.25) is 0 Å². The van der Waals surface area contributed by atoms with Gasteiger partial charge in [0.1, 0.15) is 0 Å². The summed E-state index contributed by atoms with van der Waals surface area (Å²) < 4.78 is 34.4. The predicted molar refractivity (Wildman–Crippen MR) is 36.8 cm³/mol. The van der Waals surface area contributed by atoms with E-state index in [1.54, 1.807) is 6.92 Å². The maximum absolute atomic E-state index is 11.5. The van der Waals surface area contributed by atoms with Crippen molar-refractivity contribution in [3.63, 3.8) is 0 Å². The van der Waals surface area contributed by atoms with E-state index in [1.807, 2.05) is 0 Å². The van der Waals surface area contributed by atoms with Crippen molar-refractivity contribution < 1.29 is 13.2 Å². The van der Waals surface area contributed by atoms with Crippen LogP contribution in [0.25, 0.3) is 0 Å². The molecule has 0 unspecified atom stereocenters. The van der Waals surface area contributed by atoms with Gasteiger partial charge in [-0.2, -0.15) is 13.2 Å². The summed E-state index contributed by atoms with van der Waals surface area (Å²) in [6, 6.07) is 0. The fourth-order valence-corrected chi connectivity index (χ4v) is 0.958.